The van der Waals surface area contributed by atoms with Gasteiger partial charge in [-0.25, -0.2) is 0 Å². The van der Waals surface area contributed by atoms with Crippen molar-refractivity contribution in [1.82, 2.24) is 0 Å². The van der Waals surface area contributed by atoms with Gasteiger partial charge in [0, 0.05) is 12.1 Å². The molecule has 0 aromatic heterocycles. The number of esters is 1. The molecular formula is C14H17NO6. The molecule has 0 fully saturated rings. The topological polar surface area (TPSA) is 107 Å². The molecule has 1 rings (SSSR count). The molecule has 1 aromatic carbocycles. The number of carbonyl (C=O) groups excluding carboxylic acids is 1. The fourth-order valence-corrected chi connectivity index (χ4v) is 2.09. The van der Waals surface area contributed by atoms with E-state index in [1.165, 1.54) is 31.4 Å². The summed E-state index contributed by atoms with van der Waals surface area (Å²) in [7, 11) is 1.20. The first-order chi connectivity index (χ1) is 9.84. The number of carboxylic acid groups (broad SMARTS) is 1. The standard InChI is InChI=1S/C14H17NO6/c1-3-14(13(17)18,9-12(16)21-2)8-10-4-6-11(7-5-10)15(19)20/h4-7H,3,8-9H2,1-2H3,(H,17,18). The number of methoxy groups -OCH3 is 1. The second kappa shape index (κ2) is 6.83. The first-order valence-electron chi connectivity index (χ1n) is 6.38. The maximum absolute atomic E-state index is 11.6. The average molecular weight is 295 g/mol. The number of aliphatic carboxylic acids is 1. The second-order valence-electron chi connectivity index (χ2n) is 4.79. The molecule has 1 aromatic rings. The van der Waals surface area contributed by atoms with Crippen molar-refractivity contribution < 1.29 is 24.4 Å². The quantitative estimate of drug-likeness (QED) is 0.469. The molecule has 0 aliphatic rings. The van der Waals surface area contributed by atoms with Crippen molar-refractivity contribution in [3.05, 3.63) is 39.9 Å². The maximum atomic E-state index is 11.6. The number of hydrogen-bond acceptors (Lipinski definition) is 5. The van der Waals surface area contributed by atoms with Gasteiger partial charge in [-0.15, -0.1) is 0 Å². The molecular weight excluding hydrogens is 278 g/mol. The lowest BCUT2D eigenvalue weighted by molar-refractivity contribution is -0.384. The molecule has 0 amide bonds. The predicted octanol–water partition coefficient (Wildman–Crippen LogP) is 2.18. The van der Waals surface area contributed by atoms with Crippen LogP contribution in [0.25, 0.3) is 0 Å². The molecule has 7 nitrogen and oxygen atoms in total. The molecule has 7 heteroatoms. The number of nitrogens with zero attached hydrogens (tertiary/aromatic N) is 1. The summed E-state index contributed by atoms with van der Waals surface area (Å²) in [6.45, 7) is 1.68. The van der Waals surface area contributed by atoms with Gasteiger partial charge in [0.1, 0.15) is 0 Å². The van der Waals surface area contributed by atoms with Crippen LogP contribution in [0.5, 0.6) is 0 Å². The summed E-state index contributed by atoms with van der Waals surface area (Å²) in [4.78, 5) is 33.1. The molecule has 0 saturated carbocycles. The Morgan fingerprint density at radius 3 is 2.29 bits per heavy atom. The van der Waals surface area contributed by atoms with Crippen molar-refractivity contribution >= 4 is 17.6 Å². The summed E-state index contributed by atoms with van der Waals surface area (Å²) in [5.41, 5.74) is -0.721. The van der Waals surface area contributed by atoms with Gasteiger partial charge in [0.05, 0.1) is 23.9 Å². The van der Waals surface area contributed by atoms with Gasteiger partial charge in [-0.1, -0.05) is 19.1 Å². The van der Waals surface area contributed by atoms with Gasteiger partial charge in [-0.05, 0) is 18.4 Å². The van der Waals surface area contributed by atoms with Crippen LogP contribution < -0.4 is 0 Å². The molecule has 0 spiro atoms. The van der Waals surface area contributed by atoms with Crippen LogP contribution in [0.2, 0.25) is 0 Å². The number of nitro groups is 1. The predicted molar refractivity (Wildman–Crippen MR) is 73.8 cm³/mol. The number of benzene rings is 1. The molecule has 1 atom stereocenters. The van der Waals surface area contributed by atoms with Crippen molar-refractivity contribution in [3.63, 3.8) is 0 Å². The SMILES string of the molecule is CCC(CC(=O)OC)(Cc1ccc([N+](=O)[O-])cc1)C(=O)O. The van der Waals surface area contributed by atoms with E-state index in [2.05, 4.69) is 4.74 Å². The number of nitro benzene ring substituents is 1. The van der Waals surface area contributed by atoms with E-state index in [0.717, 1.165) is 0 Å². The smallest absolute Gasteiger partial charge is 0.310 e. The average Bonchev–Trinajstić information content (AvgIpc) is 2.46. The Balaban J connectivity index is 3.03. The van der Waals surface area contributed by atoms with Crippen LogP contribution >= 0.6 is 0 Å². The monoisotopic (exact) mass is 295 g/mol. The summed E-state index contributed by atoms with van der Waals surface area (Å²) in [5, 5.41) is 20.1. The van der Waals surface area contributed by atoms with Crippen LogP contribution in [0.4, 0.5) is 5.69 Å². The third kappa shape index (κ3) is 4.01. The first-order valence-corrected chi connectivity index (χ1v) is 6.38. The third-order valence-electron chi connectivity index (χ3n) is 3.53. The summed E-state index contributed by atoms with van der Waals surface area (Å²) in [5.74, 6) is -1.69. The summed E-state index contributed by atoms with van der Waals surface area (Å²) >= 11 is 0. The van der Waals surface area contributed by atoms with Crippen LogP contribution in [0.15, 0.2) is 24.3 Å². The van der Waals surface area contributed by atoms with Crippen LogP contribution in [0, 0.1) is 15.5 Å². The van der Waals surface area contributed by atoms with Crippen molar-refractivity contribution in [2.24, 2.45) is 5.41 Å². The highest BCUT2D eigenvalue weighted by molar-refractivity contribution is 5.82. The lowest BCUT2D eigenvalue weighted by Crippen LogP contribution is -2.35. The number of carboxylic acids is 1. The Hall–Kier alpha value is -2.44. The van der Waals surface area contributed by atoms with E-state index in [1.54, 1.807) is 6.92 Å². The fraction of sp³-hybridized carbons (Fsp3) is 0.429. The van der Waals surface area contributed by atoms with E-state index in [0.29, 0.717) is 5.56 Å². The van der Waals surface area contributed by atoms with Gasteiger partial charge in [-0.2, -0.15) is 0 Å². The highest BCUT2D eigenvalue weighted by Gasteiger charge is 2.39. The van der Waals surface area contributed by atoms with Crippen LogP contribution in [0.1, 0.15) is 25.3 Å². The minimum absolute atomic E-state index is 0.0656. The number of rotatable bonds is 7. The molecule has 0 aliphatic heterocycles. The Labute approximate surface area is 121 Å². The zero-order valence-electron chi connectivity index (χ0n) is 11.9. The van der Waals surface area contributed by atoms with E-state index < -0.39 is 22.3 Å². The number of ether oxygens (including phenoxy) is 1. The molecule has 0 aliphatic carbocycles. The van der Waals surface area contributed by atoms with Crippen molar-refractivity contribution in [2.45, 2.75) is 26.2 Å². The van der Waals surface area contributed by atoms with Crippen LogP contribution in [-0.4, -0.2) is 29.1 Å². The molecule has 1 N–H and O–H groups in total. The van der Waals surface area contributed by atoms with Gasteiger partial charge in [0.15, 0.2) is 0 Å². The molecule has 1 unspecified atom stereocenters. The zero-order chi connectivity index (χ0) is 16.0. The Bertz CT molecular complexity index is 539. The first kappa shape index (κ1) is 16.6. The van der Waals surface area contributed by atoms with E-state index >= 15 is 0 Å². The normalized spacial score (nSPS) is 13.2. The van der Waals surface area contributed by atoms with E-state index in [1.807, 2.05) is 0 Å². The minimum Gasteiger partial charge on any atom is -0.481 e. The fourth-order valence-electron chi connectivity index (χ4n) is 2.09. The van der Waals surface area contributed by atoms with Crippen LogP contribution in [0.3, 0.4) is 0 Å². The highest BCUT2D eigenvalue weighted by atomic mass is 16.6. The van der Waals surface area contributed by atoms with E-state index in [-0.39, 0.29) is 24.9 Å². The molecule has 0 heterocycles. The van der Waals surface area contributed by atoms with Crippen molar-refractivity contribution in [2.75, 3.05) is 7.11 Å². The van der Waals surface area contributed by atoms with Gasteiger partial charge in [0.25, 0.3) is 5.69 Å². The Morgan fingerprint density at radius 2 is 1.90 bits per heavy atom. The van der Waals surface area contributed by atoms with E-state index in [9.17, 15) is 24.8 Å². The van der Waals surface area contributed by atoms with Crippen molar-refractivity contribution in [3.8, 4) is 0 Å². The molecule has 0 bridgehead atoms. The van der Waals surface area contributed by atoms with Gasteiger partial charge >= 0.3 is 11.9 Å². The largest absolute Gasteiger partial charge is 0.481 e. The summed E-state index contributed by atoms with van der Waals surface area (Å²) in [6, 6.07) is 5.64. The van der Waals surface area contributed by atoms with E-state index in [4.69, 9.17) is 0 Å². The van der Waals surface area contributed by atoms with Crippen molar-refractivity contribution in [1.29, 1.82) is 0 Å². The lowest BCUT2D eigenvalue weighted by Gasteiger charge is -2.27. The zero-order valence-corrected chi connectivity index (χ0v) is 11.9. The summed E-state index contributed by atoms with van der Waals surface area (Å²) < 4.78 is 4.55. The van der Waals surface area contributed by atoms with Gasteiger partial charge < -0.3 is 9.84 Å². The minimum atomic E-state index is -1.27. The summed E-state index contributed by atoms with van der Waals surface area (Å²) in [6.07, 6.45) is 0.104. The molecule has 0 radical (unpaired) electrons. The molecule has 21 heavy (non-hydrogen) atoms. The number of non-ortho nitro benzene ring substituents is 1. The molecule has 0 saturated heterocycles. The highest BCUT2D eigenvalue weighted by Crippen LogP contribution is 2.32. The number of hydrogen-bond donors (Lipinski definition) is 1. The lowest BCUT2D eigenvalue weighted by atomic mass is 9.76. The van der Waals surface area contributed by atoms with Gasteiger partial charge in [0.2, 0.25) is 0 Å². The molecule has 114 valence electrons. The maximum Gasteiger partial charge on any atom is 0.310 e. The second-order valence-corrected chi connectivity index (χ2v) is 4.79. The number of carbonyl (C=O) groups is 2. The third-order valence-corrected chi connectivity index (χ3v) is 3.53. The Morgan fingerprint density at radius 1 is 1.33 bits per heavy atom. The van der Waals surface area contributed by atoms with Gasteiger partial charge in [-0.3, -0.25) is 19.7 Å². The van der Waals surface area contributed by atoms with Crippen LogP contribution in [-0.2, 0) is 20.7 Å². The Kier molecular flexibility index (Phi) is 5.40.